The van der Waals surface area contributed by atoms with Crippen LogP contribution in [0.5, 0.6) is 0 Å². The summed E-state index contributed by atoms with van der Waals surface area (Å²) in [5.74, 6) is -5.79. The van der Waals surface area contributed by atoms with Crippen molar-refractivity contribution >= 4 is 11.7 Å². The molecule has 3 aromatic rings. The molecule has 0 aliphatic carbocycles. The minimum atomic E-state index is -3.23. The molecule has 8 nitrogen and oxygen atoms in total. The number of hydrogen-bond donors (Lipinski definition) is 3. The number of halogens is 6. The predicted octanol–water partition coefficient (Wildman–Crippen LogP) is 4.10. The number of aryl methyl sites for hydroxylation is 1. The lowest BCUT2D eigenvalue weighted by atomic mass is 9.86. The van der Waals surface area contributed by atoms with Gasteiger partial charge in [-0.25, -0.2) is 31.3 Å². The maximum Gasteiger partial charge on any atom is 0.257 e. The zero-order valence-corrected chi connectivity index (χ0v) is 21.9. The minimum absolute atomic E-state index is 0.0663. The number of nitrogens with zero attached hydrogens (tertiary/aromatic N) is 3. The molecular weight excluding hydrogens is 554 g/mol. The first-order chi connectivity index (χ1) is 19.3. The summed E-state index contributed by atoms with van der Waals surface area (Å²) in [7, 11) is 0. The van der Waals surface area contributed by atoms with Gasteiger partial charge in [0.05, 0.1) is 24.0 Å². The summed E-state index contributed by atoms with van der Waals surface area (Å²) in [6.45, 7) is 1.14. The van der Waals surface area contributed by atoms with Gasteiger partial charge in [-0.05, 0) is 42.7 Å². The number of fused-ring (bicyclic) bond motifs is 1. The fourth-order valence-corrected chi connectivity index (χ4v) is 5.57. The van der Waals surface area contributed by atoms with E-state index in [9.17, 15) is 35.9 Å². The molecule has 0 spiro atoms. The van der Waals surface area contributed by atoms with Crippen LogP contribution >= 0.6 is 0 Å². The van der Waals surface area contributed by atoms with Gasteiger partial charge in [-0.3, -0.25) is 14.5 Å². The number of likely N-dealkylation sites (tertiary alicyclic amines) is 1. The molecule has 1 aromatic carbocycles. The lowest BCUT2D eigenvalue weighted by molar-refractivity contribution is -0.125. The molecule has 1 saturated heterocycles. The van der Waals surface area contributed by atoms with Gasteiger partial charge in [0.15, 0.2) is 5.82 Å². The molecule has 1 fully saturated rings. The lowest BCUT2D eigenvalue weighted by Gasteiger charge is -2.40. The van der Waals surface area contributed by atoms with E-state index in [1.165, 1.54) is 17.0 Å². The van der Waals surface area contributed by atoms with Gasteiger partial charge in [-0.1, -0.05) is 0 Å². The monoisotopic (exact) mass is 582 g/mol. The predicted molar refractivity (Wildman–Crippen MR) is 137 cm³/mol. The number of pyridine rings is 1. The van der Waals surface area contributed by atoms with Crippen LogP contribution in [-0.2, 0) is 11.2 Å². The number of imidazole rings is 1. The summed E-state index contributed by atoms with van der Waals surface area (Å²) < 4.78 is 85.5. The summed E-state index contributed by atoms with van der Waals surface area (Å²) in [6, 6.07) is 1.09. The Labute approximate surface area is 230 Å². The van der Waals surface area contributed by atoms with Gasteiger partial charge in [0.1, 0.15) is 17.5 Å². The Kier molecular flexibility index (Phi) is 7.72. The quantitative estimate of drug-likeness (QED) is 0.364. The molecule has 2 aromatic heterocycles. The molecule has 41 heavy (non-hydrogen) atoms. The van der Waals surface area contributed by atoms with E-state index in [2.05, 4.69) is 15.3 Å². The standard InChI is InChI=1S/C27H28F6N6O2/c1-13(25(40)37-21-12-39-20(2-3-22(39)36-21)14-6-16(28)9-17(29)7-14)38-5-4-27(32,33)19(11-38)15-8-18(23(34)24(30)31)26(41)35-10-15/h6-10,12-13,19-20,23-24H,2-5,11,34H2,1H3,(H,35,41)(H,37,40)/t13-,19-,20+,23+/m0/s1. The van der Waals surface area contributed by atoms with E-state index in [0.717, 1.165) is 18.3 Å². The second kappa shape index (κ2) is 11.0. The number of benzene rings is 1. The second-order valence-corrected chi connectivity index (χ2v) is 10.5. The van der Waals surface area contributed by atoms with E-state index in [1.54, 1.807) is 17.7 Å². The fraction of sp³-hybridized carbons (Fsp3) is 0.444. The van der Waals surface area contributed by atoms with Crippen molar-refractivity contribution in [2.24, 2.45) is 5.73 Å². The largest absolute Gasteiger partial charge is 0.329 e. The smallest absolute Gasteiger partial charge is 0.257 e. The average Bonchev–Trinajstić information content (AvgIpc) is 3.48. The highest BCUT2D eigenvalue weighted by Gasteiger charge is 2.47. The van der Waals surface area contributed by atoms with Gasteiger partial charge < -0.3 is 20.6 Å². The number of amides is 1. The van der Waals surface area contributed by atoms with Gasteiger partial charge in [0.2, 0.25) is 5.91 Å². The molecule has 2 aliphatic rings. The van der Waals surface area contributed by atoms with Crippen LogP contribution in [0.25, 0.3) is 0 Å². The van der Waals surface area contributed by atoms with Crippen LogP contribution < -0.4 is 16.6 Å². The van der Waals surface area contributed by atoms with Crippen molar-refractivity contribution in [2.45, 2.75) is 62.6 Å². The number of aromatic amines is 1. The lowest BCUT2D eigenvalue weighted by Crippen LogP contribution is -2.52. The third-order valence-corrected chi connectivity index (χ3v) is 7.88. The van der Waals surface area contributed by atoms with Crippen LogP contribution in [0.1, 0.15) is 60.3 Å². The van der Waals surface area contributed by atoms with Crippen molar-refractivity contribution in [2.75, 3.05) is 18.4 Å². The summed E-state index contributed by atoms with van der Waals surface area (Å²) in [4.78, 5) is 33.3. The topological polar surface area (TPSA) is 109 Å². The van der Waals surface area contributed by atoms with E-state index in [0.29, 0.717) is 24.2 Å². The van der Waals surface area contributed by atoms with E-state index >= 15 is 0 Å². The molecule has 4 N–H and O–H groups in total. The van der Waals surface area contributed by atoms with Gasteiger partial charge >= 0.3 is 0 Å². The van der Waals surface area contributed by atoms with Crippen molar-refractivity contribution in [3.05, 3.63) is 81.2 Å². The first kappa shape index (κ1) is 28.9. The Morgan fingerprint density at radius 2 is 1.88 bits per heavy atom. The van der Waals surface area contributed by atoms with Gasteiger partial charge in [0.25, 0.3) is 17.9 Å². The highest BCUT2D eigenvalue weighted by atomic mass is 19.3. The molecular formula is C27H28F6N6O2. The Morgan fingerprint density at radius 3 is 2.56 bits per heavy atom. The number of H-pyrrole nitrogens is 1. The van der Waals surface area contributed by atoms with Crippen molar-refractivity contribution in [3.8, 4) is 0 Å². The van der Waals surface area contributed by atoms with Crippen LogP contribution in [-0.4, -0.2) is 56.8 Å². The number of piperidine rings is 1. The molecule has 0 unspecified atom stereocenters. The molecule has 0 saturated carbocycles. The molecule has 4 atom stereocenters. The normalized spacial score (nSPS) is 22.0. The molecule has 0 radical (unpaired) electrons. The first-order valence-electron chi connectivity index (χ1n) is 13.1. The maximum absolute atomic E-state index is 15.0. The van der Waals surface area contributed by atoms with Gasteiger partial charge in [-0.2, -0.15) is 0 Å². The number of carbonyl (C=O) groups excluding carboxylic acids is 1. The molecule has 2 aliphatic heterocycles. The number of anilines is 1. The average molecular weight is 583 g/mol. The second-order valence-electron chi connectivity index (χ2n) is 10.5. The SMILES string of the molecule is C[C@@H](C(=O)Nc1cn2c(n1)CC[C@@H]2c1cc(F)cc(F)c1)N1CCC(F)(F)[C@H](c2c[nH]c(=O)c([C@@H](N)C(F)F)c2)C1. The van der Waals surface area contributed by atoms with Crippen LogP contribution in [0.4, 0.5) is 32.2 Å². The van der Waals surface area contributed by atoms with Crippen molar-refractivity contribution in [1.82, 2.24) is 19.4 Å². The van der Waals surface area contributed by atoms with Crippen LogP contribution in [0.15, 0.2) is 41.5 Å². The number of carbonyl (C=O) groups is 1. The van der Waals surface area contributed by atoms with Crippen molar-refractivity contribution < 1.29 is 31.1 Å². The molecule has 5 rings (SSSR count). The third-order valence-electron chi connectivity index (χ3n) is 7.88. The van der Waals surface area contributed by atoms with E-state index in [4.69, 9.17) is 5.73 Å². The number of nitrogens with two attached hydrogens (primary N) is 1. The van der Waals surface area contributed by atoms with Crippen LogP contribution in [0, 0.1) is 11.6 Å². The van der Waals surface area contributed by atoms with E-state index in [-0.39, 0.29) is 30.5 Å². The summed E-state index contributed by atoms with van der Waals surface area (Å²) in [6.07, 6.45) is 0.0658. The highest BCUT2D eigenvalue weighted by Crippen LogP contribution is 2.41. The third kappa shape index (κ3) is 5.75. The minimum Gasteiger partial charge on any atom is -0.329 e. The molecule has 0 bridgehead atoms. The first-order valence-corrected chi connectivity index (χ1v) is 13.1. The van der Waals surface area contributed by atoms with E-state index in [1.807, 2.05) is 0 Å². The number of aromatic nitrogens is 3. The summed E-state index contributed by atoms with van der Waals surface area (Å²) >= 11 is 0. The van der Waals surface area contributed by atoms with E-state index < -0.39 is 65.4 Å². The van der Waals surface area contributed by atoms with Gasteiger partial charge in [0, 0.05) is 50.0 Å². The van der Waals surface area contributed by atoms with Crippen molar-refractivity contribution in [1.29, 1.82) is 0 Å². The number of rotatable bonds is 7. The molecule has 220 valence electrons. The Balaban J connectivity index is 1.30. The molecule has 1 amide bonds. The summed E-state index contributed by atoms with van der Waals surface area (Å²) in [5.41, 5.74) is 4.40. The van der Waals surface area contributed by atoms with Crippen LogP contribution in [0.2, 0.25) is 0 Å². The maximum atomic E-state index is 15.0. The van der Waals surface area contributed by atoms with Crippen molar-refractivity contribution in [3.63, 3.8) is 0 Å². The fourth-order valence-electron chi connectivity index (χ4n) is 5.57. The summed E-state index contributed by atoms with van der Waals surface area (Å²) in [5, 5.41) is 2.69. The van der Waals surface area contributed by atoms with Crippen LogP contribution in [0.3, 0.4) is 0 Å². The zero-order chi connectivity index (χ0) is 29.6. The zero-order valence-electron chi connectivity index (χ0n) is 21.9. The molecule has 14 heteroatoms. The Hall–Kier alpha value is -3.65. The number of nitrogens with one attached hydrogen (secondary N) is 2. The number of alkyl halides is 4. The Morgan fingerprint density at radius 1 is 1.17 bits per heavy atom. The molecule has 4 heterocycles. The highest BCUT2D eigenvalue weighted by molar-refractivity contribution is 5.93. The number of hydrogen-bond acceptors (Lipinski definition) is 5. The van der Waals surface area contributed by atoms with Gasteiger partial charge in [-0.15, -0.1) is 0 Å². The Bertz CT molecular complexity index is 1490.